The van der Waals surface area contributed by atoms with Crippen LogP contribution in [-0.4, -0.2) is 60.1 Å². The Labute approximate surface area is 228 Å². The molecule has 1 saturated heterocycles. The van der Waals surface area contributed by atoms with Crippen LogP contribution in [0, 0.1) is 11.8 Å². The molecule has 0 aromatic heterocycles. The summed E-state index contributed by atoms with van der Waals surface area (Å²) < 4.78 is 0. The van der Waals surface area contributed by atoms with Gasteiger partial charge in [-0.3, -0.25) is 19.2 Å². The summed E-state index contributed by atoms with van der Waals surface area (Å²) in [6, 6.07) is 4.18. The van der Waals surface area contributed by atoms with Crippen LogP contribution in [0.5, 0.6) is 0 Å². The van der Waals surface area contributed by atoms with Crippen molar-refractivity contribution in [2.75, 3.05) is 28.6 Å². The van der Waals surface area contributed by atoms with E-state index in [1.54, 1.807) is 35.4 Å². The number of nitrogens with one attached hydrogen (secondary N) is 2. The van der Waals surface area contributed by atoms with E-state index in [1.165, 1.54) is 0 Å². The van der Waals surface area contributed by atoms with E-state index in [0.717, 1.165) is 29.1 Å². The SMILES string of the molecule is CC(C)C[C@@H](NC(=O)C(C)(C)N)C(=O)NC1Cc2cccc(N3CCCC3=O)c2N(CC2C=CSC2)C1=O. The number of nitrogens with two attached hydrogens (primary N) is 1. The average Bonchev–Trinajstić information content (AvgIpc) is 3.51. The fourth-order valence-electron chi connectivity index (χ4n) is 5.14. The van der Waals surface area contributed by atoms with Crippen molar-refractivity contribution in [2.24, 2.45) is 17.6 Å². The summed E-state index contributed by atoms with van der Waals surface area (Å²) >= 11 is 1.71. The first kappa shape index (κ1) is 28.2. The highest BCUT2D eigenvalue weighted by molar-refractivity contribution is 8.02. The minimum Gasteiger partial charge on any atom is -0.343 e. The number of fused-ring (bicyclic) bond motifs is 1. The van der Waals surface area contributed by atoms with Gasteiger partial charge in [-0.05, 0) is 49.6 Å². The number of hydrogen-bond donors (Lipinski definition) is 3. The van der Waals surface area contributed by atoms with E-state index in [2.05, 4.69) is 16.7 Å². The zero-order valence-electron chi connectivity index (χ0n) is 22.7. The number of rotatable bonds is 9. The molecular formula is C28H39N5O4S. The van der Waals surface area contributed by atoms with Crippen LogP contribution >= 0.6 is 11.8 Å². The highest BCUT2D eigenvalue weighted by Gasteiger charge is 2.39. The van der Waals surface area contributed by atoms with Gasteiger partial charge in [-0.1, -0.05) is 32.1 Å². The second-order valence-electron chi connectivity index (χ2n) is 11.4. The molecule has 1 aromatic carbocycles. The van der Waals surface area contributed by atoms with Crippen molar-refractivity contribution in [3.63, 3.8) is 0 Å². The van der Waals surface area contributed by atoms with E-state index in [9.17, 15) is 19.2 Å². The lowest BCUT2D eigenvalue weighted by Gasteiger charge is -2.38. The third-order valence-corrected chi connectivity index (χ3v) is 8.10. The van der Waals surface area contributed by atoms with E-state index in [-0.39, 0.29) is 23.7 Å². The minimum absolute atomic E-state index is 0.0626. The molecule has 3 atom stereocenters. The lowest BCUT2D eigenvalue weighted by molar-refractivity contribution is -0.133. The molecule has 4 amide bonds. The molecule has 10 heteroatoms. The lowest BCUT2D eigenvalue weighted by Crippen LogP contribution is -2.60. The van der Waals surface area contributed by atoms with Crippen LogP contribution in [0.3, 0.4) is 0 Å². The van der Waals surface area contributed by atoms with Crippen LogP contribution < -0.4 is 26.2 Å². The van der Waals surface area contributed by atoms with Crippen LogP contribution in [0.1, 0.15) is 52.5 Å². The largest absolute Gasteiger partial charge is 0.343 e. The van der Waals surface area contributed by atoms with Crippen LogP contribution in [-0.2, 0) is 25.6 Å². The summed E-state index contributed by atoms with van der Waals surface area (Å²) in [6.07, 6.45) is 4.12. The number of carbonyl (C=O) groups is 4. The van der Waals surface area contributed by atoms with Crippen LogP contribution in [0.4, 0.5) is 11.4 Å². The quantitative estimate of drug-likeness (QED) is 0.441. The zero-order valence-corrected chi connectivity index (χ0v) is 23.5. The van der Waals surface area contributed by atoms with Gasteiger partial charge in [0.15, 0.2) is 0 Å². The van der Waals surface area contributed by atoms with Crippen molar-refractivity contribution in [2.45, 2.75) is 71.0 Å². The molecule has 1 fully saturated rings. The highest BCUT2D eigenvalue weighted by atomic mass is 32.2. The summed E-state index contributed by atoms with van der Waals surface area (Å²) in [6.45, 7) is 8.21. The van der Waals surface area contributed by atoms with Gasteiger partial charge >= 0.3 is 0 Å². The molecule has 2 unspecified atom stereocenters. The van der Waals surface area contributed by atoms with Crippen molar-refractivity contribution in [1.82, 2.24) is 10.6 Å². The number of benzene rings is 1. The number of carbonyl (C=O) groups excluding carboxylic acids is 4. The molecule has 3 aliphatic heterocycles. The van der Waals surface area contributed by atoms with Gasteiger partial charge in [0, 0.05) is 37.6 Å². The van der Waals surface area contributed by atoms with Crippen molar-refractivity contribution in [3.8, 4) is 0 Å². The Balaban J connectivity index is 1.62. The first-order valence-electron chi connectivity index (χ1n) is 13.4. The van der Waals surface area contributed by atoms with Gasteiger partial charge in [0.25, 0.3) is 0 Å². The van der Waals surface area contributed by atoms with Gasteiger partial charge in [-0.25, -0.2) is 0 Å². The second kappa shape index (κ2) is 11.5. The van der Waals surface area contributed by atoms with E-state index in [1.807, 2.05) is 37.5 Å². The molecule has 0 spiro atoms. The Morgan fingerprint density at radius 3 is 2.61 bits per heavy atom. The van der Waals surface area contributed by atoms with Gasteiger partial charge in [-0.15, -0.1) is 11.8 Å². The lowest BCUT2D eigenvalue weighted by atomic mass is 9.93. The van der Waals surface area contributed by atoms with Gasteiger partial charge in [0.2, 0.25) is 23.6 Å². The number of thioether (sulfide) groups is 1. The Bertz CT molecular complexity index is 1130. The summed E-state index contributed by atoms with van der Waals surface area (Å²) in [7, 11) is 0. The monoisotopic (exact) mass is 541 g/mol. The van der Waals surface area contributed by atoms with Gasteiger partial charge in [0.05, 0.1) is 16.9 Å². The number of para-hydroxylation sites is 1. The maximum Gasteiger partial charge on any atom is 0.249 e. The Morgan fingerprint density at radius 1 is 1.24 bits per heavy atom. The fourth-order valence-corrected chi connectivity index (χ4v) is 6.05. The predicted molar refractivity (Wildman–Crippen MR) is 151 cm³/mol. The molecule has 0 saturated carbocycles. The van der Waals surface area contributed by atoms with Gasteiger partial charge < -0.3 is 26.2 Å². The normalized spacial score (nSPS) is 22.2. The van der Waals surface area contributed by atoms with Crippen molar-refractivity contribution in [1.29, 1.82) is 0 Å². The van der Waals surface area contributed by atoms with Crippen molar-refractivity contribution < 1.29 is 19.2 Å². The molecule has 4 N–H and O–H groups in total. The number of nitrogens with zero attached hydrogens (tertiary/aromatic N) is 2. The van der Waals surface area contributed by atoms with E-state index in [0.29, 0.717) is 32.4 Å². The summed E-state index contributed by atoms with van der Waals surface area (Å²) in [4.78, 5) is 56.1. The van der Waals surface area contributed by atoms with E-state index >= 15 is 0 Å². The average molecular weight is 542 g/mol. The molecule has 0 bridgehead atoms. The zero-order chi connectivity index (χ0) is 27.6. The molecule has 3 heterocycles. The maximum absolute atomic E-state index is 14.0. The highest BCUT2D eigenvalue weighted by Crippen LogP contribution is 2.40. The maximum atomic E-state index is 14.0. The van der Waals surface area contributed by atoms with Gasteiger partial charge in [0.1, 0.15) is 12.1 Å². The Kier molecular flexibility index (Phi) is 8.52. The number of amides is 4. The standard InChI is InChI=1S/C28H39N5O4S/c1-17(2)13-20(31-27(37)28(3,4)29)25(35)30-21-14-19-7-5-8-22(32-11-6-9-23(32)34)24(19)33(26(21)36)15-18-10-12-38-16-18/h5,7-8,10,12,17-18,20-21H,6,9,11,13-16,29H2,1-4H3,(H,30,35)(H,31,37)/t18?,20-,21?/m1/s1. The molecule has 38 heavy (non-hydrogen) atoms. The van der Waals surface area contributed by atoms with E-state index < -0.39 is 29.4 Å². The molecule has 0 radical (unpaired) electrons. The summed E-state index contributed by atoms with van der Waals surface area (Å²) in [5.74, 6) is 0.215. The number of hydrogen-bond acceptors (Lipinski definition) is 6. The molecule has 1 aromatic rings. The topological polar surface area (TPSA) is 125 Å². The van der Waals surface area contributed by atoms with Crippen LogP contribution in [0.2, 0.25) is 0 Å². The smallest absolute Gasteiger partial charge is 0.249 e. The molecular weight excluding hydrogens is 502 g/mol. The Morgan fingerprint density at radius 2 is 2.00 bits per heavy atom. The molecule has 206 valence electrons. The van der Waals surface area contributed by atoms with Crippen molar-refractivity contribution >= 4 is 46.8 Å². The molecule has 9 nitrogen and oxygen atoms in total. The summed E-state index contributed by atoms with van der Waals surface area (Å²) in [5, 5.41) is 7.76. The minimum atomic E-state index is -1.14. The first-order chi connectivity index (χ1) is 18.0. The van der Waals surface area contributed by atoms with Crippen LogP contribution in [0.15, 0.2) is 29.7 Å². The third kappa shape index (κ3) is 6.23. The summed E-state index contributed by atoms with van der Waals surface area (Å²) in [5.41, 5.74) is 7.25. The fraction of sp³-hybridized carbons (Fsp3) is 0.571. The first-order valence-corrected chi connectivity index (χ1v) is 14.4. The predicted octanol–water partition coefficient (Wildman–Crippen LogP) is 2.33. The third-order valence-electron chi connectivity index (χ3n) is 7.13. The Hall–Kier alpha value is -2.85. The van der Waals surface area contributed by atoms with Crippen LogP contribution in [0.25, 0.3) is 0 Å². The van der Waals surface area contributed by atoms with Crippen molar-refractivity contribution in [3.05, 3.63) is 35.2 Å². The molecule has 0 aliphatic carbocycles. The number of anilines is 2. The molecule has 3 aliphatic rings. The second-order valence-corrected chi connectivity index (χ2v) is 12.4. The van der Waals surface area contributed by atoms with E-state index in [4.69, 9.17) is 5.73 Å². The molecule has 4 rings (SSSR count). The van der Waals surface area contributed by atoms with Gasteiger partial charge in [-0.2, -0.15) is 0 Å².